The van der Waals surface area contributed by atoms with Crippen LogP contribution in [0.15, 0.2) is 23.9 Å². The average molecular weight is 261 g/mol. The number of alkyl halides is 2. The molecule has 2 rings (SSSR count). The van der Waals surface area contributed by atoms with Crippen LogP contribution in [0.5, 0.6) is 0 Å². The largest absolute Gasteiger partial charge is 0.299 e. The van der Waals surface area contributed by atoms with Crippen LogP contribution < -0.4 is 0 Å². The highest BCUT2D eigenvalue weighted by atomic mass is 35.5. The molecular formula is C11H14Cl2N2O. The van der Waals surface area contributed by atoms with Crippen molar-refractivity contribution in [2.75, 3.05) is 13.6 Å². The number of amides is 1. The third kappa shape index (κ3) is 2.12. The quantitative estimate of drug-likeness (QED) is 0.432. The van der Waals surface area contributed by atoms with E-state index in [4.69, 9.17) is 23.2 Å². The lowest BCUT2D eigenvalue weighted by Gasteiger charge is -2.32. The van der Waals surface area contributed by atoms with E-state index in [0.29, 0.717) is 12.5 Å². The molecule has 2 aliphatic heterocycles. The van der Waals surface area contributed by atoms with E-state index in [1.54, 1.807) is 12.3 Å². The Morgan fingerprint density at radius 3 is 2.88 bits per heavy atom. The van der Waals surface area contributed by atoms with Gasteiger partial charge in [0.1, 0.15) is 0 Å². The van der Waals surface area contributed by atoms with Crippen molar-refractivity contribution in [3.8, 4) is 0 Å². The van der Waals surface area contributed by atoms with E-state index < -0.39 is 4.46 Å². The van der Waals surface area contributed by atoms with Gasteiger partial charge in [0.15, 0.2) is 0 Å². The molecule has 2 heterocycles. The van der Waals surface area contributed by atoms with E-state index in [1.807, 2.05) is 6.08 Å². The molecule has 2 aliphatic rings. The van der Waals surface area contributed by atoms with Crippen LogP contribution in [0.4, 0.5) is 0 Å². The first-order chi connectivity index (χ1) is 7.54. The van der Waals surface area contributed by atoms with Crippen molar-refractivity contribution in [2.45, 2.75) is 23.3 Å². The Hall–Kier alpha value is -0.510. The summed E-state index contributed by atoms with van der Waals surface area (Å²) in [6.45, 7) is 1.09. The molecule has 1 unspecified atom stereocenters. The maximum atomic E-state index is 10.9. The van der Waals surface area contributed by atoms with Crippen LogP contribution in [0.1, 0.15) is 12.8 Å². The Morgan fingerprint density at radius 2 is 2.31 bits per heavy atom. The zero-order valence-electron chi connectivity index (χ0n) is 9.07. The molecule has 1 saturated heterocycles. The lowest BCUT2D eigenvalue weighted by Crippen LogP contribution is -2.37. The van der Waals surface area contributed by atoms with Crippen LogP contribution in [0.25, 0.3) is 0 Å². The number of halogens is 2. The first kappa shape index (κ1) is 12.0. The Morgan fingerprint density at radius 1 is 1.56 bits per heavy atom. The van der Waals surface area contributed by atoms with Gasteiger partial charge in [-0.15, -0.1) is 0 Å². The van der Waals surface area contributed by atoms with Crippen molar-refractivity contribution >= 4 is 29.6 Å². The van der Waals surface area contributed by atoms with E-state index in [0.717, 1.165) is 18.5 Å². The predicted molar refractivity (Wildman–Crippen MR) is 65.2 cm³/mol. The van der Waals surface area contributed by atoms with E-state index in [-0.39, 0.29) is 0 Å². The predicted octanol–water partition coefficient (Wildman–Crippen LogP) is 2.12. The minimum atomic E-state index is -1.25. The fraction of sp³-hybridized carbons (Fsp3) is 0.545. The highest BCUT2D eigenvalue weighted by Gasteiger charge is 2.33. The minimum absolute atomic E-state index is 0.364. The molecule has 0 bridgehead atoms. The summed E-state index contributed by atoms with van der Waals surface area (Å²) >= 11 is 11.9. The van der Waals surface area contributed by atoms with E-state index in [9.17, 15) is 4.79 Å². The molecule has 1 atom stereocenters. The maximum absolute atomic E-state index is 10.9. The van der Waals surface area contributed by atoms with Gasteiger partial charge in [-0.1, -0.05) is 29.3 Å². The maximum Gasteiger partial charge on any atom is 0.216 e. The Balaban J connectivity index is 2.21. The monoisotopic (exact) mass is 260 g/mol. The first-order valence-corrected chi connectivity index (χ1v) is 6.03. The molecule has 0 aromatic carbocycles. The summed E-state index contributed by atoms with van der Waals surface area (Å²) in [4.78, 5) is 14.4. The number of hydrogen-bond donors (Lipinski definition) is 0. The summed E-state index contributed by atoms with van der Waals surface area (Å²) in [7, 11) is 2.08. The van der Waals surface area contributed by atoms with Gasteiger partial charge in [-0.05, 0) is 38.1 Å². The van der Waals surface area contributed by atoms with Crippen LogP contribution in [0.3, 0.4) is 0 Å². The molecule has 16 heavy (non-hydrogen) atoms. The molecule has 0 N–H and O–H groups in total. The van der Waals surface area contributed by atoms with Crippen molar-refractivity contribution in [3.63, 3.8) is 0 Å². The van der Waals surface area contributed by atoms with Gasteiger partial charge in [0, 0.05) is 12.2 Å². The van der Waals surface area contributed by atoms with Crippen LogP contribution >= 0.6 is 23.2 Å². The number of nitrogens with zero attached hydrogens (tertiary/aromatic N) is 2. The third-order valence-electron chi connectivity index (χ3n) is 3.13. The van der Waals surface area contributed by atoms with E-state index in [2.05, 4.69) is 11.9 Å². The molecule has 3 nitrogen and oxygen atoms in total. The number of likely N-dealkylation sites (tertiary alicyclic amines) is 1. The lowest BCUT2D eigenvalue weighted by atomic mass is 10.0. The molecule has 1 fully saturated rings. The highest BCUT2D eigenvalue weighted by molar-refractivity contribution is 6.50. The van der Waals surface area contributed by atoms with Crippen molar-refractivity contribution in [1.29, 1.82) is 0 Å². The Labute approximate surface area is 105 Å². The van der Waals surface area contributed by atoms with Gasteiger partial charge in [0.25, 0.3) is 0 Å². The molecule has 0 saturated carbocycles. The number of carbonyl (C=O) groups is 1. The SMILES string of the molecule is CN1CCCC1C1=CN(C=O)C(Cl)(Cl)C=C1. The van der Waals surface area contributed by atoms with E-state index in [1.165, 1.54) is 11.3 Å². The second kappa shape index (κ2) is 4.40. The fourth-order valence-corrected chi connectivity index (χ4v) is 2.50. The molecule has 5 heteroatoms. The fourth-order valence-electron chi connectivity index (χ4n) is 2.20. The van der Waals surface area contributed by atoms with Crippen molar-refractivity contribution < 1.29 is 4.79 Å². The van der Waals surface area contributed by atoms with Gasteiger partial charge in [-0.2, -0.15) is 0 Å². The zero-order valence-corrected chi connectivity index (χ0v) is 10.6. The molecule has 0 radical (unpaired) electrons. The summed E-state index contributed by atoms with van der Waals surface area (Å²) in [6, 6.07) is 0.364. The van der Waals surface area contributed by atoms with Gasteiger partial charge in [-0.3, -0.25) is 14.6 Å². The van der Waals surface area contributed by atoms with Crippen LogP contribution in [-0.4, -0.2) is 40.3 Å². The molecule has 88 valence electrons. The third-order valence-corrected chi connectivity index (χ3v) is 3.77. The van der Waals surface area contributed by atoms with Gasteiger partial charge >= 0.3 is 0 Å². The molecule has 0 spiro atoms. The summed E-state index contributed by atoms with van der Waals surface area (Å²) in [5.41, 5.74) is 1.09. The second-order valence-electron chi connectivity index (χ2n) is 4.20. The summed E-state index contributed by atoms with van der Waals surface area (Å²) in [5, 5.41) is 0. The molecule has 0 aliphatic carbocycles. The topological polar surface area (TPSA) is 23.6 Å². The number of likely N-dealkylation sites (N-methyl/N-ethyl adjacent to an activating group) is 1. The van der Waals surface area contributed by atoms with Gasteiger partial charge in [0.2, 0.25) is 10.9 Å². The average Bonchev–Trinajstić information content (AvgIpc) is 2.64. The first-order valence-electron chi connectivity index (χ1n) is 5.27. The number of hydrogen-bond acceptors (Lipinski definition) is 2. The van der Waals surface area contributed by atoms with Crippen molar-refractivity contribution in [3.05, 3.63) is 23.9 Å². The summed E-state index contributed by atoms with van der Waals surface area (Å²) in [6.07, 6.45) is 8.23. The summed E-state index contributed by atoms with van der Waals surface area (Å²) < 4.78 is -1.25. The molecule has 0 aromatic rings. The van der Waals surface area contributed by atoms with Crippen LogP contribution in [0, 0.1) is 0 Å². The summed E-state index contributed by atoms with van der Waals surface area (Å²) in [5.74, 6) is 0. The smallest absolute Gasteiger partial charge is 0.216 e. The lowest BCUT2D eigenvalue weighted by molar-refractivity contribution is -0.116. The second-order valence-corrected chi connectivity index (χ2v) is 5.55. The van der Waals surface area contributed by atoms with Gasteiger partial charge in [-0.25, -0.2) is 0 Å². The van der Waals surface area contributed by atoms with E-state index >= 15 is 0 Å². The molecular weight excluding hydrogens is 247 g/mol. The van der Waals surface area contributed by atoms with Crippen molar-refractivity contribution in [1.82, 2.24) is 9.80 Å². The zero-order chi connectivity index (χ0) is 11.8. The number of rotatable bonds is 2. The molecule has 0 aromatic heterocycles. The standard InChI is InChI=1S/C11H14Cl2N2O/c1-14-6-2-3-10(14)9-4-5-11(12,13)15(7-9)8-16/h4-5,7-8,10H,2-3,6H2,1H3. The Bertz CT molecular complexity index is 352. The van der Waals surface area contributed by atoms with Crippen LogP contribution in [-0.2, 0) is 4.79 Å². The van der Waals surface area contributed by atoms with Crippen molar-refractivity contribution in [2.24, 2.45) is 0 Å². The normalized spacial score (nSPS) is 29.3. The van der Waals surface area contributed by atoms with Gasteiger partial charge < -0.3 is 0 Å². The highest BCUT2D eigenvalue weighted by Crippen LogP contribution is 2.34. The van der Waals surface area contributed by atoms with Gasteiger partial charge in [0.05, 0.1) is 0 Å². The minimum Gasteiger partial charge on any atom is -0.299 e. The Kier molecular flexibility index (Phi) is 3.29. The molecule has 1 amide bonds. The number of carbonyl (C=O) groups excluding carboxylic acids is 1. The van der Waals surface area contributed by atoms with Crippen LogP contribution in [0.2, 0.25) is 0 Å².